The summed E-state index contributed by atoms with van der Waals surface area (Å²) in [6.45, 7) is 1.88. The van der Waals surface area contributed by atoms with E-state index in [1.165, 1.54) is 6.26 Å². The molecule has 3 aromatic rings. The molecule has 1 heterocycles. The molecule has 156 valence electrons. The quantitative estimate of drug-likeness (QED) is 0.187. The van der Waals surface area contributed by atoms with Gasteiger partial charge in [0, 0.05) is 5.56 Å². The number of esters is 2. The second-order valence-electron chi connectivity index (χ2n) is 6.33. The number of amides is 1. The maximum Gasteiger partial charge on any atom is 0.382 e. The van der Waals surface area contributed by atoms with Gasteiger partial charge in [0.2, 0.25) is 5.76 Å². The maximum absolute atomic E-state index is 12.7. The van der Waals surface area contributed by atoms with Gasteiger partial charge in [0.05, 0.1) is 17.4 Å². The predicted octanol–water partition coefficient (Wildman–Crippen LogP) is 2.69. The highest BCUT2D eigenvalue weighted by Gasteiger charge is 2.29. The monoisotopic (exact) mass is 419 g/mol. The summed E-state index contributed by atoms with van der Waals surface area (Å²) in [5, 5.41) is 19.1. The number of carbonyl (C=O) groups excluding carboxylic acids is 3. The minimum Gasteiger partial charge on any atom is -0.507 e. The molecule has 1 aromatic heterocycles. The largest absolute Gasteiger partial charge is 0.507 e. The second-order valence-corrected chi connectivity index (χ2v) is 6.33. The summed E-state index contributed by atoms with van der Waals surface area (Å²) in [5.74, 6) is 1.10. The molecule has 0 saturated carbocycles. The SMILES string of the molecule is CCc1coc(C(=O)OC(=O)c2ccc(O)c(C#N)c2C(=O)NN)c1-c1ccccc1. The predicted molar refractivity (Wildman–Crippen MR) is 108 cm³/mol. The number of nitrogens with two attached hydrogens (primary N) is 1. The highest BCUT2D eigenvalue weighted by Crippen LogP contribution is 2.31. The topological polar surface area (TPSA) is 156 Å². The van der Waals surface area contributed by atoms with Crippen LogP contribution in [0.25, 0.3) is 11.1 Å². The van der Waals surface area contributed by atoms with Crippen LogP contribution in [0.2, 0.25) is 0 Å². The number of ether oxygens (including phenoxy) is 1. The number of carbonyl (C=O) groups is 3. The lowest BCUT2D eigenvalue weighted by atomic mass is 9.99. The van der Waals surface area contributed by atoms with Crippen molar-refractivity contribution in [2.24, 2.45) is 5.84 Å². The molecule has 2 aromatic carbocycles. The van der Waals surface area contributed by atoms with Crippen LogP contribution in [0, 0.1) is 11.3 Å². The molecule has 0 unspecified atom stereocenters. The zero-order valence-electron chi connectivity index (χ0n) is 16.3. The Hall–Kier alpha value is -4.42. The fourth-order valence-electron chi connectivity index (χ4n) is 3.09. The number of nitriles is 1. The molecule has 9 heteroatoms. The van der Waals surface area contributed by atoms with Gasteiger partial charge in [-0.2, -0.15) is 5.26 Å². The van der Waals surface area contributed by atoms with Gasteiger partial charge in [-0.1, -0.05) is 37.3 Å². The van der Waals surface area contributed by atoms with Crippen molar-refractivity contribution < 1.29 is 28.6 Å². The van der Waals surface area contributed by atoms with Gasteiger partial charge in [0.15, 0.2) is 0 Å². The van der Waals surface area contributed by atoms with E-state index in [0.717, 1.165) is 17.7 Å². The van der Waals surface area contributed by atoms with Gasteiger partial charge in [-0.15, -0.1) is 0 Å². The third kappa shape index (κ3) is 4.01. The minimum atomic E-state index is -1.21. The lowest BCUT2D eigenvalue weighted by Crippen LogP contribution is -2.32. The van der Waals surface area contributed by atoms with E-state index in [2.05, 4.69) is 0 Å². The number of hydrazine groups is 1. The van der Waals surface area contributed by atoms with Crippen LogP contribution in [0.4, 0.5) is 0 Å². The van der Waals surface area contributed by atoms with Gasteiger partial charge in [-0.3, -0.25) is 10.2 Å². The van der Waals surface area contributed by atoms with Gasteiger partial charge in [-0.25, -0.2) is 15.4 Å². The van der Waals surface area contributed by atoms with Crippen LogP contribution in [-0.2, 0) is 11.2 Å². The van der Waals surface area contributed by atoms with E-state index in [-0.39, 0.29) is 5.76 Å². The molecule has 0 spiro atoms. The Kier molecular flexibility index (Phi) is 6.14. The summed E-state index contributed by atoms with van der Waals surface area (Å²) >= 11 is 0. The number of nitrogen functional groups attached to an aromatic ring is 1. The Morgan fingerprint density at radius 2 is 1.87 bits per heavy atom. The number of nitrogens with zero attached hydrogens (tertiary/aromatic N) is 1. The third-order valence-corrected chi connectivity index (χ3v) is 4.55. The summed E-state index contributed by atoms with van der Waals surface area (Å²) in [4.78, 5) is 37.5. The minimum absolute atomic E-state index is 0.180. The van der Waals surface area contributed by atoms with E-state index in [1.54, 1.807) is 35.8 Å². The number of furan rings is 1. The van der Waals surface area contributed by atoms with Crippen molar-refractivity contribution in [2.75, 3.05) is 0 Å². The number of nitrogens with one attached hydrogen (secondary N) is 1. The molecule has 0 aliphatic rings. The first kappa shape index (κ1) is 21.3. The Morgan fingerprint density at radius 3 is 2.48 bits per heavy atom. The van der Waals surface area contributed by atoms with Gasteiger partial charge < -0.3 is 14.3 Å². The van der Waals surface area contributed by atoms with Gasteiger partial charge in [-0.05, 0) is 29.7 Å². The first-order valence-electron chi connectivity index (χ1n) is 9.12. The molecule has 0 radical (unpaired) electrons. The average Bonchev–Trinajstić information content (AvgIpc) is 3.23. The number of hydrogen-bond donors (Lipinski definition) is 3. The first-order valence-corrected chi connectivity index (χ1v) is 9.12. The number of rotatable bonds is 5. The molecule has 4 N–H and O–H groups in total. The third-order valence-electron chi connectivity index (χ3n) is 4.55. The number of hydrogen-bond acceptors (Lipinski definition) is 8. The van der Waals surface area contributed by atoms with Crippen LogP contribution < -0.4 is 11.3 Å². The van der Waals surface area contributed by atoms with Crippen LogP contribution in [-0.4, -0.2) is 23.0 Å². The van der Waals surface area contributed by atoms with Crippen LogP contribution in [0.5, 0.6) is 5.75 Å². The zero-order chi connectivity index (χ0) is 22.5. The summed E-state index contributed by atoms with van der Waals surface area (Å²) in [7, 11) is 0. The standard InChI is InChI=1S/C22H17N3O6/c1-2-12-11-30-19(17(12)13-6-4-3-5-7-13)22(29)31-21(28)14-8-9-16(26)15(10-23)18(14)20(27)25-24/h3-9,11,26H,2,24H2,1H3,(H,25,27). The molecule has 1 amide bonds. The lowest BCUT2D eigenvalue weighted by Gasteiger charge is -2.10. The van der Waals surface area contributed by atoms with E-state index in [0.29, 0.717) is 17.5 Å². The Bertz CT molecular complexity index is 1210. The fraction of sp³-hybridized carbons (Fsp3) is 0.0909. The summed E-state index contributed by atoms with van der Waals surface area (Å²) in [6, 6.07) is 12.7. The first-order chi connectivity index (χ1) is 14.9. The number of phenolic OH excluding ortho intramolecular Hbond substituents is 1. The molecule has 9 nitrogen and oxygen atoms in total. The molecule has 3 rings (SSSR count). The highest BCUT2D eigenvalue weighted by molar-refractivity contribution is 6.11. The van der Waals surface area contributed by atoms with Crippen molar-refractivity contribution in [3.63, 3.8) is 0 Å². The van der Waals surface area contributed by atoms with Crippen molar-refractivity contribution in [1.82, 2.24) is 5.43 Å². The van der Waals surface area contributed by atoms with Crippen molar-refractivity contribution in [2.45, 2.75) is 13.3 Å². The highest BCUT2D eigenvalue weighted by atomic mass is 16.6. The second kappa shape index (κ2) is 8.94. The number of aryl methyl sites for hydroxylation is 1. The smallest absolute Gasteiger partial charge is 0.382 e. The normalized spacial score (nSPS) is 10.2. The van der Waals surface area contributed by atoms with Crippen molar-refractivity contribution in [3.05, 3.63) is 76.7 Å². The molecule has 0 aliphatic heterocycles. The van der Waals surface area contributed by atoms with Gasteiger partial charge in [0.1, 0.15) is 17.4 Å². The summed E-state index contributed by atoms with van der Waals surface area (Å²) in [5.41, 5.74) is 2.30. The molecular weight excluding hydrogens is 402 g/mol. The summed E-state index contributed by atoms with van der Waals surface area (Å²) in [6.07, 6.45) is 1.98. The van der Waals surface area contributed by atoms with Crippen molar-refractivity contribution in [1.29, 1.82) is 5.26 Å². The zero-order valence-corrected chi connectivity index (χ0v) is 16.3. The van der Waals surface area contributed by atoms with Gasteiger partial charge >= 0.3 is 11.9 Å². The molecule has 0 saturated heterocycles. The van der Waals surface area contributed by atoms with Crippen LogP contribution in [0.3, 0.4) is 0 Å². The van der Waals surface area contributed by atoms with E-state index in [9.17, 15) is 24.8 Å². The number of aromatic hydroxyl groups is 1. The maximum atomic E-state index is 12.7. The molecule has 0 bridgehead atoms. The van der Waals surface area contributed by atoms with Gasteiger partial charge in [0.25, 0.3) is 5.91 Å². The van der Waals surface area contributed by atoms with Crippen molar-refractivity contribution >= 4 is 17.8 Å². The van der Waals surface area contributed by atoms with E-state index in [1.807, 2.05) is 13.0 Å². The Morgan fingerprint density at radius 1 is 1.16 bits per heavy atom. The van der Waals surface area contributed by atoms with E-state index < -0.39 is 40.3 Å². The molecule has 0 atom stereocenters. The average molecular weight is 419 g/mol. The van der Waals surface area contributed by atoms with Crippen LogP contribution in [0.15, 0.2) is 53.1 Å². The Balaban J connectivity index is 2.00. The molecule has 0 fully saturated rings. The molecule has 31 heavy (non-hydrogen) atoms. The molecular formula is C22H17N3O6. The molecule has 0 aliphatic carbocycles. The van der Waals surface area contributed by atoms with E-state index in [4.69, 9.17) is 15.0 Å². The summed E-state index contributed by atoms with van der Waals surface area (Å²) < 4.78 is 10.3. The van der Waals surface area contributed by atoms with Crippen LogP contribution in [0.1, 0.15) is 49.3 Å². The van der Waals surface area contributed by atoms with Crippen LogP contribution >= 0.6 is 0 Å². The number of phenols is 1. The van der Waals surface area contributed by atoms with E-state index >= 15 is 0 Å². The Labute approximate surface area is 176 Å². The number of benzene rings is 2. The van der Waals surface area contributed by atoms with Crippen molar-refractivity contribution in [3.8, 4) is 22.9 Å². The fourth-order valence-corrected chi connectivity index (χ4v) is 3.09. The lowest BCUT2D eigenvalue weighted by molar-refractivity contribution is 0.0374.